The van der Waals surface area contributed by atoms with Gasteiger partial charge in [-0.15, -0.1) is 0 Å². The molecule has 1 aliphatic rings. The summed E-state index contributed by atoms with van der Waals surface area (Å²) in [6, 6.07) is 41.5. The fraction of sp³-hybridized carbons (Fsp3) is 0.194. The van der Waals surface area contributed by atoms with E-state index in [0.29, 0.717) is 11.2 Å². The fourth-order valence-electron chi connectivity index (χ4n) is 4.90. The molecule has 1 heterocycles. The van der Waals surface area contributed by atoms with E-state index in [9.17, 15) is 0 Å². The lowest BCUT2D eigenvalue weighted by molar-refractivity contribution is 0.246. The summed E-state index contributed by atoms with van der Waals surface area (Å²) < 4.78 is 0. The Hall–Kier alpha value is -3.04. The minimum atomic E-state index is -0.621. The number of hydrogen-bond acceptors (Lipinski definition) is 2. The van der Waals surface area contributed by atoms with Crippen LogP contribution in [0.25, 0.3) is 0 Å². The van der Waals surface area contributed by atoms with Gasteiger partial charge in [0, 0.05) is 24.8 Å². The normalized spacial score (nSPS) is 15.6. The SMILES string of the molecule is S=C(NC[C@@H]1CCCN1Cc1ccccc1P(c1ccccc1)c1ccccc1)Nc1ccccc1. The van der Waals surface area contributed by atoms with Crippen LogP contribution in [0, 0.1) is 0 Å². The number of benzene rings is 4. The lowest BCUT2D eigenvalue weighted by atomic mass is 10.2. The molecule has 1 fully saturated rings. The second kappa shape index (κ2) is 12.3. The van der Waals surface area contributed by atoms with E-state index in [1.807, 2.05) is 30.3 Å². The zero-order chi connectivity index (χ0) is 24.6. The van der Waals surface area contributed by atoms with Crippen molar-refractivity contribution in [3.05, 3.63) is 121 Å². The Balaban J connectivity index is 1.32. The zero-order valence-corrected chi connectivity index (χ0v) is 22.1. The van der Waals surface area contributed by atoms with Crippen LogP contribution < -0.4 is 26.5 Å². The largest absolute Gasteiger partial charge is 0.361 e. The molecule has 1 atom stereocenters. The molecular weight excluding hydrogens is 477 g/mol. The predicted molar refractivity (Wildman–Crippen MR) is 159 cm³/mol. The van der Waals surface area contributed by atoms with Crippen molar-refractivity contribution >= 4 is 46.9 Å². The molecule has 3 nitrogen and oxygen atoms in total. The highest BCUT2D eigenvalue weighted by Gasteiger charge is 2.27. The van der Waals surface area contributed by atoms with Gasteiger partial charge in [-0.2, -0.15) is 0 Å². The Bertz CT molecular complexity index is 1210. The second-order valence-electron chi connectivity index (χ2n) is 9.10. The summed E-state index contributed by atoms with van der Waals surface area (Å²) in [4.78, 5) is 2.63. The number of nitrogens with zero attached hydrogens (tertiary/aromatic N) is 1. The average Bonchev–Trinajstić information content (AvgIpc) is 3.37. The van der Waals surface area contributed by atoms with Gasteiger partial charge in [0.15, 0.2) is 5.11 Å². The number of likely N-dealkylation sites (tertiary alicyclic amines) is 1. The summed E-state index contributed by atoms with van der Waals surface area (Å²) in [6.45, 7) is 2.93. The molecule has 0 spiro atoms. The highest BCUT2D eigenvalue weighted by atomic mass is 32.1. The molecule has 0 aromatic heterocycles. The summed E-state index contributed by atoms with van der Waals surface area (Å²) in [7, 11) is -0.621. The Morgan fingerprint density at radius 2 is 1.36 bits per heavy atom. The second-order valence-corrected chi connectivity index (χ2v) is 11.7. The van der Waals surface area contributed by atoms with Crippen LogP contribution in [0.15, 0.2) is 115 Å². The molecule has 4 aromatic carbocycles. The summed E-state index contributed by atoms with van der Waals surface area (Å²) in [5.41, 5.74) is 2.44. The number of hydrogen-bond donors (Lipinski definition) is 2. The monoisotopic (exact) mass is 509 g/mol. The van der Waals surface area contributed by atoms with E-state index < -0.39 is 7.92 Å². The molecule has 5 heteroatoms. The van der Waals surface area contributed by atoms with Crippen LogP contribution in [0.1, 0.15) is 18.4 Å². The Kier molecular flexibility index (Phi) is 8.40. The van der Waals surface area contributed by atoms with Crippen molar-refractivity contribution in [2.24, 2.45) is 0 Å². The van der Waals surface area contributed by atoms with E-state index in [4.69, 9.17) is 12.2 Å². The summed E-state index contributed by atoms with van der Waals surface area (Å²) >= 11 is 5.56. The minimum absolute atomic E-state index is 0.466. The van der Waals surface area contributed by atoms with Gasteiger partial charge in [0.1, 0.15) is 0 Å². The first-order chi connectivity index (χ1) is 17.8. The van der Waals surface area contributed by atoms with Gasteiger partial charge in [0.25, 0.3) is 0 Å². The topological polar surface area (TPSA) is 27.3 Å². The first-order valence-corrected chi connectivity index (χ1v) is 14.3. The first-order valence-electron chi connectivity index (χ1n) is 12.6. The molecule has 1 saturated heterocycles. The van der Waals surface area contributed by atoms with Crippen molar-refractivity contribution in [1.82, 2.24) is 10.2 Å². The molecule has 0 aliphatic carbocycles. The molecule has 182 valence electrons. The van der Waals surface area contributed by atoms with Gasteiger partial charge in [-0.3, -0.25) is 4.90 Å². The number of nitrogens with one attached hydrogen (secondary N) is 2. The van der Waals surface area contributed by atoms with Crippen LogP contribution in [0.3, 0.4) is 0 Å². The Morgan fingerprint density at radius 3 is 2.03 bits per heavy atom. The molecular formula is C31H32N3PS. The first kappa shape index (κ1) is 24.6. The Labute approximate surface area is 221 Å². The fourth-order valence-corrected chi connectivity index (χ4v) is 7.57. The van der Waals surface area contributed by atoms with Gasteiger partial charge >= 0.3 is 0 Å². The van der Waals surface area contributed by atoms with Crippen LogP contribution in [0.2, 0.25) is 0 Å². The van der Waals surface area contributed by atoms with Gasteiger partial charge in [-0.05, 0) is 73.1 Å². The maximum atomic E-state index is 5.56. The van der Waals surface area contributed by atoms with E-state index >= 15 is 0 Å². The van der Waals surface area contributed by atoms with Crippen molar-refractivity contribution in [3.63, 3.8) is 0 Å². The molecule has 36 heavy (non-hydrogen) atoms. The van der Waals surface area contributed by atoms with E-state index in [2.05, 4.69) is 100 Å². The summed E-state index contributed by atoms with van der Waals surface area (Å²) in [6.07, 6.45) is 2.41. The highest BCUT2D eigenvalue weighted by molar-refractivity contribution is 7.80. The summed E-state index contributed by atoms with van der Waals surface area (Å²) in [5, 5.41) is 11.7. The molecule has 0 saturated carbocycles. The molecule has 5 rings (SSSR count). The quantitative estimate of drug-likeness (QED) is 0.246. The molecule has 0 radical (unpaired) electrons. The van der Waals surface area contributed by atoms with Gasteiger partial charge in [-0.25, -0.2) is 0 Å². The van der Waals surface area contributed by atoms with Crippen molar-refractivity contribution in [2.45, 2.75) is 25.4 Å². The van der Waals surface area contributed by atoms with Gasteiger partial charge in [-0.1, -0.05) is 103 Å². The van der Waals surface area contributed by atoms with Crippen LogP contribution in [0.5, 0.6) is 0 Å². The lowest BCUT2D eigenvalue weighted by Crippen LogP contribution is -2.41. The molecule has 1 aliphatic heterocycles. The van der Waals surface area contributed by atoms with E-state index in [1.165, 1.54) is 34.3 Å². The molecule has 4 aromatic rings. The molecule has 0 amide bonds. The van der Waals surface area contributed by atoms with E-state index in [-0.39, 0.29) is 0 Å². The van der Waals surface area contributed by atoms with Gasteiger partial charge in [0.05, 0.1) is 0 Å². The third-order valence-electron chi connectivity index (χ3n) is 6.66. The zero-order valence-electron chi connectivity index (χ0n) is 20.4. The van der Waals surface area contributed by atoms with E-state index in [1.54, 1.807) is 0 Å². The average molecular weight is 510 g/mol. The predicted octanol–water partition coefficient (Wildman–Crippen LogP) is 5.40. The third kappa shape index (κ3) is 6.20. The molecule has 0 bridgehead atoms. The van der Waals surface area contributed by atoms with Crippen LogP contribution in [-0.4, -0.2) is 29.1 Å². The van der Waals surface area contributed by atoms with Crippen molar-refractivity contribution in [3.8, 4) is 0 Å². The number of thiocarbonyl (C=S) groups is 1. The lowest BCUT2D eigenvalue weighted by Gasteiger charge is -2.28. The maximum Gasteiger partial charge on any atom is 0.170 e. The number of rotatable bonds is 8. The molecule has 0 unspecified atom stereocenters. The van der Waals surface area contributed by atoms with Crippen LogP contribution in [-0.2, 0) is 6.54 Å². The summed E-state index contributed by atoms with van der Waals surface area (Å²) in [5.74, 6) is 0. The number of anilines is 1. The van der Waals surface area contributed by atoms with Crippen molar-refractivity contribution < 1.29 is 0 Å². The molecule has 2 N–H and O–H groups in total. The van der Waals surface area contributed by atoms with Gasteiger partial charge in [0.2, 0.25) is 0 Å². The minimum Gasteiger partial charge on any atom is -0.361 e. The van der Waals surface area contributed by atoms with Crippen molar-refractivity contribution in [2.75, 3.05) is 18.4 Å². The smallest absolute Gasteiger partial charge is 0.170 e. The number of para-hydroxylation sites is 1. The standard InChI is InChI=1S/C31H32N3PS/c36-31(33-26-14-4-1-5-15-26)32-23-27-16-12-22-34(27)24-25-13-10-11-21-30(25)35(28-17-6-2-7-18-28)29-19-8-3-9-20-29/h1-11,13-15,17-21,27H,12,16,22-24H2,(H2,32,33,36)/t27-/m0/s1. The maximum absolute atomic E-state index is 5.56. The highest BCUT2D eigenvalue weighted by Crippen LogP contribution is 2.34. The third-order valence-corrected chi connectivity index (χ3v) is 9.46. The van der Waals surface area contributed by atoms with Crippen LogP contribution in [0.4, 0.5) is 5.69 Å². The van der Waals surface area contributed by atoms with E-state index in [0.717, 1.165) is 25.3 Å². The van der Waals surface area contributed by atoms with Crippen LogP contribution >= 0.6 is 20.1 Å². The van der Waals surface area contributed by atoms with Crippen molar-refractivity contribution in [1.29, 1.82) is 0 Å². The Morgan fingerprint density at radius 1 is 0.778 bits per heavy atom. The van der Waals surface area contributed by atoms with Gasteiger partial charge < -0.3 is 10.6 Å².